The first-order chi connectivity index (χ1) is 30.8. The van der Waals surface area contributed by atoms with Crippen molar-refractivity contribution in [3.8, 4) is 22.9 Å². The Balaban J connectivity index is 1.32. The number of rotatable bonds is 3. The lowest BCUT2D eigenvalue weighted by Crippen LogP contribution is -2.05. The van der Waals surface area contributed by atoms with E-state index in [1.165, 1.54) is 59.2 Å². The fourth-order valence-corrected chi connectivity index (χ4v) is 10.8. The molecule has 14 rings (SSSR count). The zero-order valence-electron chi connectivity index (χ0n) is 33.4. The van der Waals surface area contributed by atoms with Crippen molar-refractivity contribution in [1.29, 1.82) is 0 Å². The molecule has 0 fully saturated rings. The Morgan fingerprint density at radius 1 is 0.290 bits per heavy atom. The summed E-state index contributed by atoms with van der Waals surface area (Å²) in [7, 11) is 0. The van der Waals surface area contributed by atoms with Crippen LogP contribution < -0.4 is 0 Å². The molecule has 0 aliphatic carbocycles. The summed E-state index contributed by atoms with van der Waals surface area (Å²) in [6.07, 6.45) is 0. The van der Waals surface area contributed by atoms with E-state index >= 15 is 0 Å². The first-order valence-electron chi connectivity index (χ1n) is 21.3. The SMILES string of the molecule is c1ccc(-c2nc(-n3c4c(c5ccccc5c5c6ccccc6c6ccccc6c54)c4ccc5c6ccccc6n(-c6ccccc6)c5c43)nc3ccc4ccccc4c23)cc1. The Morgan fingerprint density at radius 2 is 0.823 bits per heavy atom. The molecule has 0 amide bonds. The van der Waals surface area contributed by atoms with Gasteiger partial charge in [-0.25, -0.2) is 9.97 Å². The van der Waals surface area contributed by atoms with Gasteiger partial charge in [0.1, 0.15) is 0 Å². The molecular formula is C58H34N4. The van der Waals surface area contributed by atoms with Crippen LogP contribution in [0.15, 0.2) is 206 Å². The van der Waals surface area contributed by atoms with Crippen molar-refractivity contribution in [2.75, 3.05) is 0 Å². The minimum absolute atomic E-state index is 0.637. The van der Waals surface area contributed by atoms with E-state index in [9.17, 15) is 0 Å². The molecule has 0 aliphatic heterocycles. The van der Waals surface area contributed by atoms with Gasteiger partial charge >= 0.3 is 0 Å². The van der Waals surface area contributed by atoms with Gasteiger partial charge in [-0.1, -0.05) is 182 Å². The number of benzene rings is 11. The predicted octanol–water partition coefficient (Wildman–Crippen LogP) is 15.3. The van der Waals surface area contributed by atoms with E-state index in [0.29, 0.717) is 5.95 Å². The van der Waals surface area contributed by atoms with Crippen LogP contribution in [-0.4, -0.2) is 19.1 Å². The fourth-order valence-electron chi connectivity index (χ4n) is 10.8. The Hall–Kier alpha value is -8.34. The topological polar surface area (TPSA) is 35.6 Å². The molecule has 0 aliphatic rings. The van der Waals surface area contributed by atoms with Crippen LogP contribution in [0.2, 0.25) is 0 Å². The van der Waals surface area contributed by atoms with Gasteiger partial charge in [-0.15, -0.1) is 0 Å². The largest absolute Gasteiger partial charge is 0.307 e. The zero-order valence-corrected chi connectivity index (χ0v) is 33.4. The second kappa shape index (κ2) is 12.6. The molecule has 3 aromatic heterocycles. The summed E-state index contributed by atoms with van der Waals surface area (Å²) < 4.78 is 4.88. The van der Waals surface area contributed by atoms with Crippen LogP contribution in [0.5, 0.6) is 0 Å². The number of aromatic nitrogens is 4. The van der Waals surface area contributed by atoms with Crippen molar-refractivity contribution in [3.05, 3.63) is 206 Å². The van der Waals surface area contributed by atoms with Crippen LogP contribution in [0.25, 0.3) is 131 Å². The maximum Gasteiger partial charge on any atom is 0.235 e. The standard InChI is InChI=1S/C58H34N4/c1-3-18-36(19-4-1)54-52-38-22-8-7-17-35(38)31-34-48(52)59-58(60-54)62-56-47(33-32-46-41-25-15-16-30-49(41)61(55(46)56)37-20-5-2-6-21-37)51-45-29-14-13-28-44(45)50-42-26-11-9-23-39(42)40-24-10-12-27-43(40)53(50)57(51)62/h1-34H. The predicted molar refractivity (Wildman–Crippen MR) is 261 cm³/mol. The van der Waals surface area contributed by atoms with Gasteiger partial charge in [0.05, 0.1) is 33.3 Å². The van der Waals surface area contributed by atoms with Crippen LogP contribution in [0.4, 0.5) is 0 Å². The maximum atomic E-state index is 5.80. The Bertz CT molecular complexity index is 4200. The first kappa shape index (κ1) is 33.5. The van der Waals surface area contributed by atoms with E-state index in [-0.39, 0.29) is 0 Å². The van der Waals surface area contributed by atoms with Crippen LogP contribution in [0.1, 0.15) is 0 Å². The Labute approximate surface area is 355 Å². The summed E-state index contributed by atoms with van der Waals surface area (Å²) in [5, 5.41) is 17.9. The lowest BCUT2D eigenvalue weighted by molar-refractivity contribution is 1.02. The Kier molecular flexibility index (Phi) is 6.80. The molecular weight excluding hydrogens is 753 g/mol. The van der Waals surface area contributed by atoms with Crippen LogP contribution >= 0.6 is 0 Å². The third kappa shape index (κ3) is 4.45. The normalized spacial score (nSPS) is 12.2. The lowest BCUT2D eigenvalue weighted by Gasteiger charge is -2.17. The molecule has 0 unspecified atom stereocenters. The smallest absolute Gasteiger partial charge is 0.235 e. The molecule has 0 saturated heterocycles. The summed E-state index contributed by atoms with van der Waals surface area (Å²) in [4.78, 5) is 11.5. The van der Waals surface area contributed by atoms with E-state index in [1.807, 2.05) is 0 Å². The van der Waals surface area contributed by atoms with Crippen LogP contribution in [0, 0.1) is 0 Å². The minimum Gasteiger partial charge on any atom is -0.307 e. The average molecular weight is 787 g/mol. The van der Waals surface area contributed by atoms with E-state index in [2.05, 4.69) is 215 Å². The molecule has 0 N–H and O–H groups in total. The van der Waals surface area contributed by atoms with Gasteiger partial charge < -0.3 is 4.57 Å². The van der Waals surface area contributed by atoms with E-state index in [1.54, 1.807) is 0 Å². The van der Waals surface area contributed by atoms with Gasteiger partial charge in [-0.3, -0.25) is 4.57 Å². The van der Waals surface area contributed by atoms with Crippen LogP contribution in [-0.2, 0) is 0 Å². The molecule has 286 valence electrons. The lowest BCUT2D eigenvalue weighted by atomic mass is 9.89. The molecule has 4 nitrogen and oxygen atoms in total. The highest BCUT2D eigenvalue weighted by molar-refractivity contribution is 6.43. The third-order valence-corrected chi connectivity index (χ3v) is 13.2. The monoisotopic (exact) mass is 786 g/mol. The molecule has 0 saturated carbocycles. The summed E-state index contributed by atoms with van der Waals surface area (Å²) in [5.41, 5.74) is 8.42. The molecule has 0 radical (unpaired) electrons. The second-order valence-corrected chi connectivity index (χ2v) is 16.4. The van der Waals surface area contributed by atoms with Gasteiger partial charge in [0.2, 0.25) is 5.95 Å². The third-order valence-electron chi connectivity index (χ3n) is 13.2. The van der Waals surface area contributed by atoms with Crippen LogP contribution in [0.3, 0.4) is 0 Å². The van der Waals surface area contributed by atoms with Gasteiger partial charge in [-0.05, 0) is 67.4 Å². The molecule has 14 aromatic rings. The van der Waals surface area contributed by atoms with Crippen molar-refractivity contribution in [3.63, 3.8) is 0 Å². The summed E-state index contributed by atoms with van der Waals surface area (Å²) >= 11 is 0. The molecule has 0 atom stereocenters. The van der Waals surface area contributed by atoms with Crippen molar-refractivity contribution in [2.24, 2.45) is 0 Å². The summed E-state index contributed by atoms with van der Waals surface area (Å²) in [5.74, 6) is 0.637. The first-order valence-corrected chi connectivity index (χ1v) is 21.3. The molecule has 11 aromatic carbocycles. The highest BCUT2D eigenvalue weighted by Crippen LogP contribution is 2.50. The van der Waals surface area contributed by atoms with E-state index in [4.69, 9.17) is 9.97 Å². The number of para-hydroxylation sites is 2. The number of hydrogen-bond donors (Lipinski definition) is 0. The van der Waals surface area contributed by atoms with Crippen molar-refractivity contribution < 1.29 is 0 Å². The molecule has 62 heavy (non-hydrogen) atoms. The van der Waals surface area contributed by atoms with E-state index in [0.717, 1.165) is 66.1 Å². The minimum atomic E-state index is 0.637. The van der Waals surface area contributed by atoms with Crippen molar-refractivity contribution >= 4 is 108 Å². The number of hydrogen-bond acceptors (Lipinski definition) is 2. The maximum absolute atomic E-state index is 5.80. The number of nitrogens with zero attached hydrogens (tertiary/aromatic N) is 4. The molecule has 4 heteroatoms. The second-order valence-electron chi connectivity index (χ2n) is 16.4. The summed E-state index contributed by atoms with van der Waals surface area (Å²) in [6.45, 7) is 0. The molecule has 0 spiro atoms. The van der Waals surface area contributed by atoms with Gasteiger partial charge in [0.25, 0.3) is 0 Å². The highest BCUT2D eigenvalue weighted by Gasteiger charge is 2.28. The van der Waals surface area contributed by atoms with Crippen molar-refractivity contribution in [1.82, 2.24) is 19.1 Å². The van der Waals surface area contributed by atoms with Gasteiger partial charge in [-0.2, -0.15) is 0 Å². The van der Waals surface area contributed by atoms with Gasteiger partial charge in [0.15, 0.2) is 0 Å². The van der Waals surface area contributed by atoms with E-state index < -0.39 is 0 Å². The van der Waals surface area contributed by atoms with Gasteiger partial charge in [0, 0.05) is 49.0 Å². The molecule has 0 bridgehead atoms. The number of fused-ring (bicyclic) bond motifs is 20. The quantitative estimate of drug-likeness (QED) is 0.167. The highest BCUT2D eigenvalue weighted by atomic mass is 15.2. The average Bonchev–Trinajstić information content (AvgIpc) is 3.88. The fraction of sp³-hybridized carbons (Fsp3) is 0. The summed E-state index contributed by atoms with van der Waals surface area (Å²) in [6, 6.07) is 74.7. The van der Waals surface area contributed by atoms with Crippen molar-refractivity contribution in [2.45, 2.75) is 0 Å². The molecule has 3 heterocycles. The zero-order chi connectivity index (χ0) is 40.5. The Morgan fingerprint density at radius 3 is 1.55 bits per heavy atom.